The summed E-state index contributed by atoms with van der Waals surface area (Å²) in [6.45, 7) is 9.89. The third kappa shape index (κ3) is 5.95. The van der Waals surface area contributed by atoms with E-state index in [-0.39, 0.29) is 0 Å². The van der Waals surface area contributed by atoms with Gasteiger partial charge in [-0.15, -0.1) is 0 Å². The quantitative estimate of drug-likeness (QED) is 0.384. The fourth-order valence-corrected chi connectivity index (χ4v) is 1.73. The molecule has 0 aliphatic rings. The van der Waals surface area contributed by atoms with Crippen LogP contribution in [-0.2, 0) is 0 Å². The Bertz CT molecular complexity index is 311. The van der Waals surface area contributed by atoms with Crippen molar-refractivity contribution in [3.05, 3.63) is 60.9 Å². The Kier molecular flexibility index (Phi) is 9.00. The molecule has 0 saturated carbocycles. The molecule has 88 valence electrons. The lowest BCUT2D eigenvalue weighted by Gasteiger charge is -2.22. The minimum absolute atomic E-state index is 0.359. The molecule has 0 spiro atoms. The molecule has 1 unspecified atom stereocenters. The third-order valence-electron chi connectivity index (χ3n) is 2.00. The predicted molar refractivity (Wildman–Crippen MR) is 82.4 cm³/mol. The van der Waals surface area contributed by atoms with Crippen molar-refractivity contribution in [3.8, 4) is 0 Å². The van der Waals surface area contributed by atoms with E-state index in [9.17, 15) is 0 Å². The molecule has 0 bridgehead atoms. The van der Waals surface area contributed by atoms with Crippen LogP contribution in [0.4, 0.5) is 0 Å². The summed E-state index contributed by atoms with van der Waals surface area (Å²) in [5, 5.41) is 0. The standard InChI is InChI=1S/C14H20IN/c1-5-8-10-11-13(4)16(15)14(7-3)12-9-6-2/h5-13H,2H2,1,3-4H3/b8-5-,11-10-,12-9-,14-7+. The van der Waals surface area contributed by atoms with Crippen LogP contribution in [-0.4, -0.2) is 9.16 Å². The van der Waals surface area contributed by atoms with Gasteiger partial charge in [0.15, 0.2) is 0 Å². The van der Waals surface area contributed by atoms with E-state index in [4.69, 9.17) is 0 Å². The second-order valence-corrected chi connectivity index (χ2v) is 4.31. The van der Waals surface area contributed by atoms with Crippen LogP contribution >= 0.6 is 22.9 Å². The van der Waals surface area contributed by atoms with E-state index >= 15 is 0 Å². The van der Waals surface area contributed by atoms with E-state index in [1.54, 1.807) is 6.08 Å². The molecule has 0 aromatic rings. The van der Waals surface area contributed by atoms with Crippen molar-refractivity contribution in [2.24, 2.45) is 0 Å². The Labute approximate surface area is 113 Å². The lowest BCUT2D eigenvalue weighted by atomic mass is 10.2. The van der Waals surface area contributed by atoms with E-state index < -0.39 is 0 Å². The Morgan fingerprint density at radius 3 is 2.44 bits per heavy atom. The SMILES string of the molecule is C=C/C=C\C(=C/C)N(I)C(C)/C=C\C=C/C. The lowest BCUT2D eigenvalue weighted by Crippen LogP contribution is -2.19. The summed E-state index contributed by atoms with van der Waals surface area (Å²) in [5.41, 5.74) is 1.18. The van der Waals surface area contributed by atoms with Gasteiger partial charge in [-0.3, -0.25) is 0 Å². The van der Waals surface area contributed by atoms with Crippen LogP contribution in [0.25, 0.3) is 0 Å². The monoisotopic (exact) mass is 329 g/mol. The van der Waals surface area contributed by atoms with E-state index in [1.807, 2.05) is 32.1 Å². The van der Waals surface area contributed by atoms with Gasteiger partial charge in [0.05, 0.1) is 28.9 Å². The van der Waals surface area contributed by atoms with Gasteiger partial charge in [-0.2, -0.15) is 0 Å². The van der Waals surface area contributed by atoms with Crippen molar-refractivity contribution in [1.29, 1.82) is 0 Å². The number of hydrogen-bond donors (Lipinski definition) is 0. The number of rotatable bonds is 6. The molecule has 0 N–H and O–H groups in total. The number of allylic oxidation sites excluding steroid dienone is 7. The van der Waals surface area contributed by atoms with Crippen LogP contribution in [0.1, 0.15) is 20.8 Å². The van der Waals surface area contributed by atoms with Gasteiger partial charge >= 0.3 is 0 Å². The van der Waals surface area contributed by atoms with Gasteiger partial charge in [-0.25, -0.2) is 0 Å². The number of halogens is 1. The van der Waals surface area contributed by atoms with Crippen LogP contribution in [0.3, 0.4) is 0 Å². The highest BCUT2D eigenvalue weighted by atomic mass is 127. The van der Waals surface area contributed by atoms with Gasteiger partial charge in [-0.1, -0.05) is 49.1 Å². The normalized spacial score (nSPS) is 15.1. The van der Waals surface area contributed by atoms with Crippen LogP contribution in [0.2, 0.25) is 0 Å². The zero-order chi connectivity index (χ0) is 12.4. The molecule has 0 aliphatic heterocycles. The molecule has 0 aromatic heterocycles. The van der Waals surface area contributed by atoms with Crippen molar-refractivity contribution in [3.63, 3.8) is 0 Å². The van der Waals surface area contributed by atoms with E-state index in [0.717, 1.165) is 0 Å². The van der Waals surface area contributed by atoms with Crippen molar-refractivity contribution >= 4 is 22.9 Å². The van der Waals surface area contributed by atoms with E-state index in [2.05, 4.69) is 63.8 Å². The topological polar surface area (TPSA) is 3.24 Å². The fraction of sp³-hybridized carbons (Fsp3) is 0.286. The zero-order valence-electron chi connectivity index (χ0n) is 10.2. The molecular formula is C14H20IN. The molecule has 0 fully saturated rings. The van der Waals surface area contributed by atoms with Gasteiger partial charge in [0, 0.05) is 5.70 Å². The molecule has 0 aliphatic carbocycles. The first-order chi connectivity index (χ1) is 7.67. The summed E-state index contributed by atoms with van der Waals surface area (Å²) in [7, 11) is 0. The van der Waals surface area contributed by atoms with E-state index in [0.29, 0.717) is 6.04 Å². The molecular weight excluding hydrogens is 309 g/mol. The maximum atomic E-state index is 3.67. The van der Waals surface area contributed by atoms with Crippen LogP contribution in [0, 0.1) is 0 Å². The first-order valence-electron chi connectivity index (χ1n) is 5.37. The van der Waals surface area contributed by atoms with Crippen LogP contribution in [0.15, 0.2) is 60.9 Å². The van der Waals surface area contributed by atoms with Crippen molar-refractivity contribution < 1.29 is 0 Å². The molecule has 0 saturated heterocycles. The summed E-state index contributed by atoms with van der Waals surface area (Å²) in [6, 6.07) is 0.359. The Balaban J connectivity index is 4.56. The number of hydrogen-bond acceptors (Lipinski definition) is 1. The average molecular weight is 329 g/mol. The van der Waals surface area contributed by atoms with Crippen molar-refractivity contribution in [2.75, 3.05) is 0 Å². The first-order valence-corrected chi connectivity index (χ1v) is 6.33. The average Bonchev–Trinajstić information content (AvgIpc) is 2.30. The minimum atomic E-state index is 0.359. The first kappa shape index (κ1) is 15.2. The summed E-state index contributed by atoms with van der Waals surface area (Å²) in [6.07, 6.45) is 16.2. The van der Waals surface area contributed by atoms with Crippen molar-refractivity contribution in [2.45, 2.75) is 26.8 Å². The second-order valence-electron chi connectivity index (χ2n) is 3.27. The van der Waals surface area contributed by atoms with Crippen LogP contribution < -0.4 is 0 Å². The highest BCUT2D eigenvalue weighted by Gasteiger charge is 2.07. The predicted octanol–water partition coefficient (Wildman–Crippen LogP) is 4.81. The molecule has 16 heavy (non-hydrogen) atoms. The number of nitrogens with zero attached hydrogens (tertiary/aromatic N) is 1. The van der Waals surface area contributed by atoms with Gasteiger partial charge in [0.2, 0.25) is 0 Å². The highest BCUT2D eigenvalue weighted by Crippen LogP contribution is 2.17. The minimum Gasteiger partial charge on any atom is -0.309 e. The Morgan fingerprint density at radius 1 is 1.25 bits per heavy atom. The molecule has 0 aromatic carbocycles. The summed E-state index contributed by atoms with van der Waals surface area (Å²) in [4.78, 5) is 0. The molecule has 0 radical (unpaired) electrons. The maximum Gasteiger partial charge on any atom is 0.0597 e. The summed E-state index contributed by atoms with van der Waals surface area (Å²) in [5.74, 6) is 0. The summed E-state index contributed by atoms with van der Waals surface area (Å²) < 4.78 is 2.19. The molecule has 0 amide bonds. The molecule has 1 nitrogen and oxygen atoms in total. The summed E-state index contributed by atoms with van der Waals surface area (Å²) >= 11 is 2.33. The van der Waals surface area contributed by atoms with Gasteiger partial charge in [0.25, 0.3) is 0 Å². The molecule has 2 heteroatoms. The largest absolute Gasteiger partial charge is 0.309 e. The maximum absolute atomic E-state index is 3.67. The fourth-order valence-electron chi connectivity index (χ4n) is 1.10. The van der Waals surface area contributed by atoms with Crippen LogP contribution in [0.5, 0.6) is 0 Å². The van der Waals surface area contributed by atoms with Gasteiger partial charge in [0.1, 0.15) is 0 Å². The smallest absolute Gasteiger partial charge is 0.0597 e. The molecule has 0 rings (SSSR count). The third-order valence-corrected chi connectivity index (χ3v) is 3.43. The Hall–Kier alpha value is -0.770. The molecule has 0 heterocycles. The zero-order valence-corrected chi connectivity index (χ0v) is 12.4. The van der Waals surface area contributed by atoms with Gasteiger partial charge in [-0.05, 0) is 26.8 Å². The Morgan fingerprint density at radius 2 is 1.94 bits per heavy atom. The lowest BCUT2D eigenvalue weighted by molar-refractivity contribution is 0.567. The van der Waals surface area contributed by atoms with Crippen molar-refractivity contribution in [1.82, 2.24) is 3.11 Å². The highest BCUT2D eigenvalue weighted by molar-refractivity contribution is 14.1. The van der Waals surface area contributed by atoms with E-state index in [1.165, 1.54) is 5.70 Å². The molecule has 1 atom stereocenters. The van der Waals surface area contributed by atoms with Gasteiger partial charge < -0.3 is 3.11 Å². The second kappa shape index (κ2) is 9.46.